The zero-order valence-electron chi connectivity index (χ0n) is 18.3. The van der Waals surface area contributed by atoms with Crippen molar-refractivity contribution in [1.82, 2.24) is 0 Å². The van der Waals surface area contributed by atoms with Crippen LogP contribution in [0.25, 0.3) is 0 Å². The van der Waals surface area contributed by atoms with Crippen LogP contribution in [0.15, 0.2) is 65.6 Å². The molecule has 0 unspecified atom stereocenters. The van der Waals surface area contributed by atoms with Crippen LogP contribution in [0.4, 0.5) is 17.1 Å². The highest BCUT2D eigenvalue weighted by atomic mass is 32.2. The van der Waals surface area contributed by atoms with Crippen LogP contribution >= 0.6 is 0 Å². The van der Waals surface area contributed by atoms with Crippen LogP contribution in [0.2, 0.25) is 0 Å². The predicted octanol–water partition coefficient (Wildman–Crippen LogP) is 4.34. The number of aryl methyl sites for hydroxylation is 3. The van der Waals surface area contributed by atoms with Crippen molar-refractivity contribution in [3.8, 4) is 5.75 Å². The van der Waals surface area contributed by atoms with Gasteiger partial charge < -0.3 is 10.1 Å². The van der Waals surface area contributed by atoms with Gasteiger partial charge in [-0.15, -0.1) is 0 Å². The molecule has 0 heterocycles. The molecule has 0 bridgehead atoms. The number of nitro groups is 1. The first-order valence-corrected chi connectivity index (χ1v) is 11.4. The number of hydrogen-bond acceptors (Lipinski definition) is 6. The number of nitro benzene ring substituents is 1. The summed E-state index contributed by atoms with van der Waals surface area (Å²) < 4.78 is 33.2. The fraction of sp³-hybridized carbons (Fsp3) is 0.174. The first-order valence-electron chi connectivity index (χ1n) is 9.93. The maximum Gasteiger partial charge on any atom is 0.271 e. The van der Waals surface area contributed by atoms with E-state index in [0.29, 0.717) is 22.7 Å². The molecule has 0 saturated heterocycles. The Hall–Kier alpha value is -3.92. The van der Waals surface area contributed by atoms with E-state index in [1.807, 2.05) is 19.9 Å². The highest BCUT2D eigenvalue weighted by Gasteiger charge is 2.15. The maximum atomic E-state index is 12.6. The number of benzene rings is 3. The molecular formula is C23H23N3O6S. The summed E-state index contributed by atoms with van der Waals surface area (Å²) in [5.41, 5.74) is 3.34. The highest BCUT2D eigenvalue weighted by Crippen LogP contribution is 2.23. The van der Waals surface area contributed by atoms with Crippen LogP contribution in [0.3, 0.4) is 0 Å². The van der Waals surface area contributed by atoms with E-state index in [1.54, 1.807) is 25.1 Å². The van der Waals surface area contributed by atoms with Crippen LogP contribution in [-0.4, -0.2) is 25.9 Å². The van der Waals surface area contributed by atoms with Crippen molar-refractivity contribution in [3.63, 3.8) is 0 Å². The molecule has 0 aliphatic rings. The molecule has 2 N–H and O–H groups in total. The van der Waals surface area contributed by atoms with Crippen LogP contribution < -0.4 is 14.8 Å². The molecule has 0 aliphatic heterocycles. The van der Waals surface area contributed by atoms with Gasteiger partial charge >= 0.3 is 0 Å². The first kappa shape index (κ1) is 23.7. The number of anilines is 2. The molecule has 3 aromatic rings. The molecule has 0 atom stereocenters. The smallest absolute Gasteiger partial charge is 0.271 e. The Bertz CT molecular complexity index is 1300. The van der Waals surface area contributed by atoms with Gasteiger partial charge in [0.1, 0.15) is 5.75 Å². The molecule has 1 amide bonds. The van der Waals surface area contributed by atoms with Gasteiger partial charge in [-0.1, -0.05) is 12.1 Å². The van der Waals surface area contributed by atoms with E-state index >= 15 is 0 Å². The Morgan fingerprint density at radius 1 is 0.939 bits per heavy atom. The summed E-state index contributed by atoms with van der Waals surface area (Å²) in [4.78, 5) is 22.6. The Balaban J connectivity index is 1.61. The van der Waals surface area contributed by atoms with Gasteiger partial charge in [-0.25, -0.2) is 8.42 Å². The summed E-state index contributed by atoms with van der Waals surface area (Å²) in [6.07, 6.45) is 0. The van der Waals surface area contributed by atoms with Crippen molar-refractivity contribution >= 4 is 33.0 Å². The van der Waals surface area contributed by atoms with Gasteiger partial charge in [0.05, 0.1) is 15.5 Å². The number of amides is 1. The average Bonchev–Trinajstić information content (AvgIpc) is 2.76. The molecule has 0 fully saturated rings. The summed E-state index contributed by atoms with van der Waals surface area (Å²) in [5.74, 6) is -0.210. The lowest BCUT2D eigenvalue weighted by atomic mass is 10.1. The Labute approximate surface area is 191 Å². The number of ether oxygens (including phenoxy) is 1. The SMILES string of the molecule is Cc1ccc(NS(=O)(=O)c2ccc(OCC(=O)Nc3cc([N+](=O)[O-])ccc3C)cc2)cc1C. The Morgan fingerprint density at radius 3 is 2.24 bits per heavy atom. The van der Waals surface area contributed by atoms with Crippen LogP contribution in [0.1, 0.15) is 16.7 Å². The largest absolute Gasteiger partial charge is 0.484 e. The summed E-state index contributed by atoms with van der Waals surface area (Å²) >= 11 is 0. The minimum Gasteiger partial charge on any atom is -0.484 e. The second-order valence-corrected chi connectivity index (χ2v) is 9.15. The van der Waals surface area contributed by atoms with E-state index in [2.05, 4.69) is 10.0 Å². The number of carbonyl (C=O) groups is 1. The number of rotatable bonds is 8. The Morgan fingerprint density at radius 2 is 1.61 bits per heavy atom. The van der Waals surface area contributed by atoms with Crippen molar-refractivity contribution in [1.29, 1.82) is 0 Å². The van der Waals surface area contributed by atoms with Gasteiger partial charge in [-0.2, -0.15) is 0 Å². The topological polar surface area (TPSA) is 128 Å². The minimum absolute atomic E-state index is 0.0461. The third-order valence-electron chi connectivity index (χ3n) is 4.97. The molecule has 33 heavy (non-hydrogen) atoms. The van der Waals surface area contributed by atoms with Crippen molar-refractivity contribution < 1.29 is 22.9 Å². The van der Waals surface area contributed by atoms with Crippen LogP contribution in [0, 0.1) is 30.9 Å². The van der Waals surface area contributed by atoms with Gasteiger partial charge in [-0.05, 0) is 73.9 Å². The number of hydrogen-bond donors (Lipinski definition) is 2. The summed E-state index contributed by atoms with van der Waals surface area (Å²) in [7, 11) is -3.79. The molecule has 9 nitrogen and oxygen atoms in total. The van der Waals surface area contributed by atoms with E-state index in [9.17, 15) is 23.3 Å². The van der Waals surface area contributed by atoms with E-state index in [4.69, 9.17) is 4.74 Å². The number of nitrogens with zero attached hydrogens (tertiary/aromatic N) is 1. The minimum atomic E-state index is -3.79. The van der Waals surface area contributed by atoms with Gasteiger partial charge in [-0.3, -0.25) is 19.6 Å². The molecule has 3 aromatic carbocycles. The number of nitrogens with one attached hydrogen (secondary N) is 2. The van der Waals surface area contributed by atoms with Crippen molar-refractivity contribution in [2.24, 2.45) is 0 Å². The van der Waals surface area contributed by atoms with Crippen LogP contribution in [0.5, 0.6) is 5.75 Å². The quantitative estimate of drug-likeness (QED) is 0.373. The second kappa shape index (κ2) is 9.70. The monoisotopic (exact) mass is 469 g/mol. The normalized spacial score (nSPS) is 11.0. The summed E-state index contributed by atoms with van der Waals surface area (Å²) in [5, 5.41) is 13.5. The lowest BCUT2D eigenvalue weighted by Crippen LogP contribution is -2.20. The summed E-state index contributed by atoms with van der Waals surface area (Å²) in [6.45, 7) is 5.20. The molecule has 0 spiro atoms. The van der Waals surface area contributed by atoms with Gasteiger partial charge in [0.15, 0.2) is 6.61 Å². The maximum absolute atomic E-state index is 12.6. The third kappa shape index (κ3) is 6.07. The zero-order valence-corrected chi connectivity index (χ0v) is 19.1. The highest BCUT2D eigenvalue weighted by molar-refractivity contribution is 7.92. The molecule has 0 aliphatic carbocycles. The molecule has 0 aromatic heterocycles. The molecule has 0 saturated carbocycles. The Kier molecular flexibility index (Phi) is 6.98. The molecule has 10 heteroatoms. The van der Waals surface area contributed by atoms with E-state index < -0.39 is 20.9 Å². The van der Waals surface area contributed by atoms with Crippen molar-refractivity contribution in [2.75, 3.05) is 16.6 Å². The number of carbonyl (C=O) groups excluding carboxylic acids is 1. The van der Waals surface area contributed by atoms with Gasteiger partial charge in [0, 0.05) is 17.8 Å². The lowest BCUT2D eigenvalue weighted by molar-refractivity contribution is -0.384. The number of sulfonamides is 1. The van der Waals surface area contributed by atoms with Gasteiger partial charge in [0.2, 0.25) is 0 Å². The first-order chi connectivity index (χ1) is 15.5. The standard InChI is InChI=1S/C23H23N3O6S/c1-15-4-6-18(12-17(15)3)25-33(30,31)21-10-8-20(9-11-21)32-14-23(27)24-22-13-19(26(28)29)7-5-16(22)2/h4-13,25H,14H2,1-3H3,(H,24,27). The van der Waals surface area contributed by atoms with E-state index in [-0.39, 0.29) is 17.2 Å². The molecule has 3 rings (SSSR count). The third-order valence-corrected chi connectivity index (χ3v) is 6.37. The molecule has 0 radical (unpaired) electrons. The fourth-order valence-corrected chi connectivity index (χ4v) is 3.98. The second-order valence-electron chi connectivity index (χ2n) is 7.47. The van der Waals surface area contributed by atoms with Crippen molar-refractivity contribution in [2.45, 2.75) is 25.7 Å². The summed E-state index contributed by atoms with van der Waals surface area (Å²) in [6, 6.07) is 15.1. The predicted molar refractivity (Wildman–Crippen MR) is 125 cm³/mol. The fourth-order valence-electron chi connectivity index (χ4n) is 2.93. The van der Waals surface area contributed by atoms with Gasteiger partial charge in [0.25, 0.3) is 21.6 Å². The van der Waals surface area contributed by atoms with E-state index in [1.165, 1.54) is 36.4 Å². The average molecular weight is 470 g/mol. The zero-order chi connectivity index (χ0) is 24.2. The van der Waals surface area contributed by atoms with Crippen LogP contribution in [-0.2, 0) is 14.8 Å². The number of non-ortho nitro benzene ring substituents is 1. The molecular weight excluding hydrogens is 446 g/mol. The lowest BCUT2D eigenvalue weighted by Gasteiger charge is -2.11. The van der Waals surface area contributed by atoms with Crippen molar-refractivity contribution in [3.05, 3.63) is 87.5 Å². The molecule has 172 valence electrons. The van der Waals surface area contributed by atoms with E-state index in [0.717, 1.165) is 11.1 Å².